The maximum absolute atomic E-state index is 5.59. The second-order valence-electron chi connectivity index (χ2n) is 3.10. The molecule has 6 heteroatoms. The second-order valence-corrected chi connectivity index (χ2v) is 4.12. The molecule has 0 spiro atoms. The first-order valence-electron chi connectivity index (χ1n) is 4.60. The number of nitrogens with zero attached hydrogens (tertiary/aromatic N) is 2. The maximum atomic E-state index is 5.59. The molecule has 0 radical (unpaired) electrons. The van der Waals surface area contributed by atoms with Gasteiger partial charge in [0, 0.05) is 13.0 Å². The van der Waals surface area contributed by atoms with E-state index in [2.05, 4.69) is 15.5 Å². The lowest BCUT2D eigenvalue weighted by Gasteiger charge is -2.06. The number of nitrogens with one attached hydrogen (secondary N) is 1. The van der Waals surface area contributed by atoms with E-state index >= 15 is 0 Å². The largest absolute Gasteiger partial charge is 0.463 e. The third kappa shape index (κ3) is 2.40. The fourth-order valence-electron chi connectivity index (χ4n) is 1.26. The number of aromatic nitrogens is 2. The van der Waals surface area contributed by atoms with Gasteiger partial charge in [-0.15, -0.1) is 5.10 Å². The van der Waals surface area contributed by atoms with Gasteiger partial charge in [-0.3, -0.25) is 0 Å². The molecule has 1 aliphatic rings. The highest BCUT2D eigenvalue weighted by Crippen LogP contribution is 2.21. The van der Waals surface area contributed by atoms with Gasteiger partial charge in [-0.1, -0.05) is 16.4 Å². The van der Waals surface area contributed by atoms with E-state index in [0.717, 1.165) is 24.6 Å². The number of ether oxygens (including phenoxy) is 2. The van der Waals surface area contributed by atoms with Gasteiger partial charge in [0.25, 0.3) is 5.19 Å². The topological polar surface area (TPSA) is 56.3 Å². The van der Waals surface area contributed by atoms with Crippen molar-refractivity contribution in [2.45, 2.75) is 19.1 Å². The Labute approximate surface area is 86.4 Å². The Kier molecular flexibility index (Phi) is 3.28. The van der Waals surface area contributed by atoms with Crippen LogP contribution < -0.4 is 10.1 Å². The highest BCUT2D eigenvalue weighted by Gasteiger charge is 2.18. The minimum absolute atomic E-state index is 0.158. The Balaban J connectivity index is 1.88. The summed E-state index contributed by atoms with van der Waals surface area (Å²) in [4.78, 5) is 0. The Morgan fingerprint density at radius 3 is 3.29 bits per heavy atom. The summed E-state index contributed by atoms with van der Waals surface area (Å²) in [5.41, 5.74) is 0. The van der Waals surface area contributed by atoms with Crippen LogP contribution in [-0.2, 0) is 11.3 Å². The van der Waals surface area contributed by atoms with E-state index in [0.29, 0.717) is 11.8 Å². The molecule has 1 N–H and O–H groups in total. The summed E-state index contributed by atoms with van der Waals surface area (Å²) >= 11 is 1.48. The summed E-state index contributed by atoms with van der Waals surface area (Å²) in [6.07, 6.45) is 1.10. The van der Waals surface area contributed by atoms with E-state index in [1.807, 2.05) is 7.05 Å². The van der Waals surface area contributed by atoms with Crippen LogP contribution in [0.3, 0.4) is 0 Å². The molecule has 0 amide bonds. The molecule has 1 fully saturated rings. The van der Waals surface area contributed by atoms with Crippen molar-refractivity contribution in [3.8, 4) is 5.19 Å². The maximum Gasteiger partial charge on any atom is 0.294 e. The van der Waals surface area contributed by atoms with Gasteiger partial charge in [-0.2, -0.15) is 0 Å². The van der Waals surface area contributed by atoms with Crippen molar-refractivity contribution < 1.29 is 9.47 Å². The Morgan fingerprint density at radius 2 is 2.57 bits per heavy atom. The van der Waals surface area contributed by atoms with E-state index in [1.165, 1.54) is 11.3 Å². The first-order chi connectivity index (χ1) is 6.88. The lowest BCUT2D eigenvalue weighted by Crippen LogP contribution is -2.15. The van der Waals surface area contributed by atoms with Crippen molar-refractivity contribution in [1.29, 1.82) is 0 Å². The van der Waals surface area contributed by atoms with Crippen LogP contribution in [0.4, 0.5) is 0 Å². The quantitative estimate of drug-likeness (QED) is 0.789. The van der Waals surface area contributed by atoms with E-state index in [-0.39, 0.29) is 6.10 Å². The van der Waals surface area contributed by atoms with Gasteiger partial charge in [0.15, 0.2) is 0 Å². The third-order valence-electron chi connectivity index (χ3n) is 1.93. The van der Waals surface area contributed by atoms with Crippen LogP contribution in [-0.4, -0.2) is 36.6 Å². The summed E-state index contributed by atoms with van der Waals surface area (Å²) in [6.45, 7) is 2.19. The summed E-state index contributed by atoms with van der Waals surface area (Å²) < 4.78 is 10.8. The molecule has 0 aliphatic carbocycles. The molecule has 1 aliphatic heterocycles. The first-order valence-corrected chi connectivity index (χ1v) is 5.41. The normalized spacial score (nSPS) is 21.4. The zero-order chi connectivity index (χ0) is 9.80. The summed E-state index contributed by atoms with van der Waals surface area (Å²) in [7, 11) is 1.88. The lowest BCUT2D eigenvalue weighted by molar-refractivity contribution is 0.140. The van der Waals surface area contributed by atoms with Crippen LogP contribution in [0.5, 0.6) is 5.19 Å². The van der Waals surface area contributed by atoms with Crippen LogP contribution in [0.2, 0.25) is 0 Å². The van der Waals surface area contributed by atoms with Crippen LogP contribution in [0.15, 0.2) is 0 Å². The van der Waals surface area contributed by atoms with E-state index < -0.39 is 0 Å². The first kappa shape index (κ1) is 9.82. The lowest BCUT2D eigenvalue weighted by atomic mass is 10.3. The molecule has 1 saturated heterocycles. The number of hydrogen-bond acceptors (Lipinski definition) is 6. The SMILES string of the molecule is CNCc1nnc(OC2CCOC2)s1. The molecule has 1 aromatic rings. The van der Waals surface area contributed by atoms with Crippen LogP contribution >= 0.6 is 11.3 Å². The molecule has 14 heavy (non-hydrogen) atoms. The molecule has 1 atom stereocenters. The highest BCUT2D eigenvalue weighted by molar-refractivity contribution is 7.13. The molecule has 0 saturated carbocycles. The van der Waals surface area contributed by atoms with Crippen LogP contribution in [0.1, 0.15) is 11.4 Å². The van der Waals surface area contributed by atoms with E-state index in [9.17, 15) is 0 Å². The summed E-state index contributed by atoms with van der Waals surface area (Å²) in [5.74, 6) is 0. The van der Waals surface area contributed by atoms with Gasteiger partial charge < -0.3 is 14.8 Å². The molecule has 5 nitrogen and oxygen atoms in total. The van der Waals surface area contributed by atoms with Crippen LogP contribution in [0.25, 0.3) is 0 Å². The van der Waals surface area contributed by atoms with E-state index in [4.69, 9.17) is 9.47 Å². The van der Waals surface area contributed by atoms with Gasteiger partial charge in [0.1, 0.15) is 11.1 Å². The monoisotopic (exact) mass is 215 g/mol. The van der Waals surface area contributed by atoms with Gasteiger partial charge in [0.05, 0.1) is 13.2 Å². The minimum Gasteiger partial charge on any atom is -0.463 e. The third-order valence-corrected chi connectivity index (χ3v) is 2.75. The van der Waals surface area contributed by atoms with Crippen molar-refractivity contribution in [2.24, 2.45) is 0 Å². The van der Waals surface area contributed by atoms with Crippen molar-refractivity contribution >= 4 is 11.3 Å². The van der Waals surface area contributed by atoms with Gasteiger partial charge in [-0.05, 0) is 7.05 Å². The molecule has 2 heterocycles. The number of hydrogen-bond donors (Lipinski definition) is 1. The highest BCUT2D eigenvalue weighted by atomic mass is 32.1. The average Bonchev–Trinajstić information content (AvgIpc) is 2.79. The molecule has 78 valence electrons. The minimum atomic E-state index is 0.158. The zero-order valence-corrected chi connectivity index (χ0v) is 8.84. The van der Waals surface area contributed by atoms with Gasteiger partial charge >= 0.3 is 0 Å². The fourth-order valence-corrected chi connectivity index (χ4v) is 2.02. The standard InChI is InChI=1S/C8H13N3O2S/c1-9-4-7-10-11-8(14-7)13-6-2-3-12-5-6/h6,9H,2-5H2,1H3. The van der Waals surface area contributed by atoms with Crippen molar-refractivity contribution in [1.82, 2.24) is 15.5 Å². The smallest absolute Gasteiger partial charge is 0.294 e. The predicted octanol–water partition coefficient (Wildman–Crippen LogP) is 0.425. The Hall–Kier alpha value is -0.720. The Morgan fingerprint density at radius 1 is 1.64 bits per heavy atom. The molecule has 0 bridgehead atoms. The summed E-state index contributed by atoms with van der Waals surface area (Å²) in [6, 6.07) is 0. The zero-order valence-electron chi connectivity index (χ0n) is 8.02. The van der Waals surface area contributed by atoms with Gasteiger partial charge in [-0.25, -0.2) is 0 Å². The van der Waals surface area contributed by atoms with Gasteiger partial charge in [0.2, 0.25) is 0 Å². The molecular formula is C8H13N3O2S. The van der Waals surface area contributed by atoms with Crippen LogP contribution in [0, 0.1) is 0 Å². The molecular weight excluding hydrogens is 202 g/mol. The molecule has 1 unspecified atom stereocenters. The Bertz CT molecular complexity index is 286. The van der Waals surface area contributed by atoms with Crippen molar-refractivity contribution in [3.05, 3.63) is 5.01 Å². The molecule has 1 aromatic heterocycles. The summed E-state index contributed by atoms with van der Waals surface area (Å²) in [5, 5.41) is 12.5. The molecule has 2 rings (SSSR count). The number of rotatable bonds is 4. The van der Waals surface area contributed by atoms with E-state index in [1.54, 1.807) is 0 Å². The fraction of sp³-hybridized carbons (Fsp3) is 0.750. The molecule has 0 aromatic carbocycles. The van der Waals surface area contributed by atoms with Crippen molar-refractivity contribution in [3.63, 3.8) is 0 Å². The average molecular weight is 215 g/mol. The second kappa shape index (κ2) is 4.68. The van der Waals surface area contributed by atoms with Crippen molar-refractivity contribution in [2.75, 3.05) is 20.3 Å². The predicted molar refractivity (Wildman–Crippen MR) is 52.5 cm³/mol.